The van der Waals surface area contributed by atoms with E-state index in [0.717, 1.165) is 22.7 Å². The average Bonchev–Trinajstić information content (AvgIpc) is 3.68. The monoisotopic (exact) mass is 679 g/mol. The normalized spacial score (nSPS) is 15.5. The number of ether oxygens (including phenoxy) is 1. The number of nitrogens with one attached hydrogen (secondary N) is 1. The van der Waals surface area contributed by atoms with Gasteiger partial charge in [-0.3, -0.25) is 14.4 Å². The Bertz CT molecular complexity index is 2140. The summed E-state index contributed by atoms with van der Waals surface area (Å²) in [5.74, 6) is -1.06. The van der Waals surface area contributed by atoms with Crippen LogP contribution in [0.25, 0.3) is 17.2 Å². The van der Waals surface area contributed by atoms with E-state index >= 15 is 0 Å². The summed E-state index contributed by atoms with van der Waals surface area (Å²) in [5, 5.41) is 16.9. The topological polar surface area (TPSA) is 144 Å². The molecule has 7 rings (SSSR count). The number of likely N-dealkylation sites (tertiary alicyclic amines) is 1. The summed E-state index contributed by atoms with van der Waals surface area (Å²) >= 11 is 6.09. The Balaban J connectivity index is 1.25. The van der Waals surface area contributed by atoms with Gasteiger partial charge in [0.25, 0.3) is 11.5 Å². The van der Waals surface area contributed by atoms with Crippen LogP contribution >= 0.6 is 11.6 Å². The zero-order chi connectivity index (χ0) is 33.8. The van der Waals surface area contributed by atoms with Crippen molar-refractivity contribution < 1.29 is 32.6 Å². The molecule has 48 heavy (non-hydrogen) atoms. The number of nitrogens with zero attached hydrogens (tertiary/aromatic N) is 6. The van der Waals surface area contributed by atoms with Gasteiger partial charge in [0.05, 0.1) is 34.1 Å². The molecule has 246 valence electrons. The third-order valence-electron chi connectivity index (χ3n) is 8.54. The van der Waals surface area contributed by atoms with Crippen LogP contribution in [0.2, 0.25) is 5.02 Å². The van der Waals surface area contributed by atoms with Crippen molar-refractivity contribution in [2.75, 3.05) is 18.4 Å². The van der Waals surface area contributed by atoms with Gasteiger partial charge in [-0.05, 0) is 43.2 Å². The second kappa shape index (κ2) is 11.8. The fourth-order valence-corrected chi connectivity index (χ4v) is 6.39. The molecule has 0 bridgehead atoms. The van der Waals surface area contributed by atoms with Gasteiger partial charge >= 0.3 is 6.18 Å². The second-order valence-corrected chi connectivity index (χ2v) is 11.8. The number of rotatable bonds is 5. The molecule has 16 heteroatoms. The van der Waals surface area contributed by atoms with Crippen LogP contribution in [0.1, 0.15) is 40.2 Å². The van der Waals surface area contributed by atoms with Crippen molar-refractivity contribution >= 4 is 34.9 Å². The maximum Gasteiger partial charge on any atom is 0.416 e. The number of halogens is 4. The summed E-state index contributed by atoms with van der Waals surface area (Å²) in [5.41, 5.74) is -1.39. The lowest BCUT2D eigenvalue weighted by molar-refractivity contribution is -0.137. The number of hydrogen-bond acceptors (Lipinski definition) is 8. The van der Waals surface area contributed by atoms with Gasteiger partial charge in [0.15, 0.2) is 11.5 Å². The lowest BCUT2D eigenvalue weighted by Crippen LogP contribution is -2.47. The van der Waals surface area contributed by atoms with E-state index in [4.69, 9.17) is 16.3 Å². The number of carbonyl (C=O) groups is 2. The van der Waals surface area contributed by atoms with E-state index in [2.05, 4.69) is 20.4 Å². The molecule has 1 saturated heterocycles. The highest BCUT2D eigenvalue weighted by atomic mass is 35.5. The lowest BCUT2D eigenvalue weighted by atomic mass is 9.85. The van der Waals surface area contributed by atoms with Crippen LogP contribution in [-0.4, -0.2) is 59.1 Å². The lowest BCUT2D eigenvalue weighted by Gasteiger charge is -2.38. The number of fused-ring (bicyclic) bond motifs is 3. The summed E-state index contributed by atoms with van der Waals surface area (Å²) < 4.78 is 48.4. The zero-order valence-corrected chi connectivity index (χ0v) is 25.6. The molecule has 2 aromatic carbocycles. The number of piperidine rings is 1. The summed E-state index contributed by atoms with van der Waals surface area (Å²) in [6, 6.07) is 14.4. The van der Waals surface area contributed by atoms with Crippen molar-refractivity contribution in [2.24, 2.45) is 0 Å². The molecule has 0 unspecified atom stereocenters. The number of anilines is 1. The van der Waals surface area contributed by atoms with Gasteiger partial charge in [0, 0.05) is 24.8 Å². The predicted octanol–water partition coefficient (Wildman–Crippen LogP) is 4.63. The Morgan fingerprint density at radius 2 is 1.81 bits per heavy atom. The number of alkyl halides is 3. The summed E-state index contributed by atoms with van der Waals surface area (Å²) in [7, 11) is 0. The number of carbonyl (C=O) groups excluding carboxylic acids is 2. The predicted molar refractivity (Wildman–Crippen MR) is 165 cm³/mol. The van der Waals surface area contributed by atoms with Gasteiger partial charge in [-0.2, -0.15) is 22.7 Å². The fraction of sp³-hybridized carbons (Fsp3) is 0.250. The van der Waals surface area contributed by atoms with Crippen molar-refractivity contribution in [3.05, 3.63) is 105 Å². The minimum atomic E-state index is -4.61. The van der Waals surface area contributed by atoms with Crippen LogP contribution in [0.5, 0.6) is 5.75 Å². The highest BCUT2D eigenvalue weighted by Gasteiger charge is 2.48. The first-order chi connectivity index (χ1) is 22.9. The average molecular weight is 680 g/mol. The Kier molecular flexibility index (Phi) is 7.67. The van der Waals surface area contributed by atoms with E-state index in [-0.39, 0.29) is 71.9 Å². The van der Waals surface area contributed by atoms with Gasteiger partial charge < -0.3 is 24.6 Å². The smallest absolute Gasteiger partial charge is 0.416 e. The molecule has 1 spiro atoms. The summed E-state index contributed by atoms with van der Waals surface area (Å²) in [6.07, 6.45) is -2.74. The molecule has 0 radical (unpaired) electrons. The Morgan fingerprint density at radius 1 is 1.06 bits per heavy atom. The van der Waals surface area contributed by atoms with Gasteiger partial charge in [0.1, 0.15) is 17.9 Å². The van der Waals surface area contributed by atoms with Crippen molar-refractivity contribution in [1.29, 1.82) is 0 Å². The summed E-state index contributed by atoms with van der Waals surface area (Å²) in [6.45, 7) is -0.0894. The molecule has 1 fully saturated rings. The molecule has 0 atom stereocenters. The first-order valence-electron chi connectivity index (χ1n) is 14.8. The first-order valence-corrected chi connectivity index (χ1v) is 15.2. The van der Waals surface area contributed by atoms with Gasteiger partial charge in [-0.1, -0.05) is 41.9 Å². The highest BCUT2D eigenvalue weighted by molar-refractivity contribution is 6.33. The molecule has 2 amide bonds. The van der Waals surface area contributed by atoms with Crippen LogP contribution in [-0.2, 0) is 34.5 Å². The number of pyridine rings is 1. The van der Waals surface area contributed by atoms with Crippen molar-refractivity contribution in [3.63, 3.8) is 0 Å². The van der Waals surface area contributed by atoms with E-state index in [0.29, 0.717) is 11.3 Å². The molecule has 2 aliphatic rings. The summed E-state index contributed by atoms with van der Waals surface area (Å²) in [4.78, 5) is 50.8. The van der Waals surface area contributed by atoms with Crippen LogP contribution in [0.15, 0.2) is 71.7 Å². The minimum Gasteiger partial charge on any atom is -0.505 e. The Hall–Kier alpha value is -5.28. The van der Waals surface area contributed by atoms with E-state index in [1.54, 1.807) is 24.3 Å². The molecule has 0 aliphatic carbocycles. The molecule has 12 nitrogen and oxygen atoms in total. The number of benzene rings is 2. The third kappa shape index (κ3) is 5.44. The Morgan fingerprint density at radius 3 is 2.50 bits per heavy atom. The quantitative estimate of drug-likeness (QED) is 0.274. The van der Waals surface area contributed by atoms with Gasteiger partial charge in [-0.25, -0.2) is 4.98 Å². The van der Waals surface area contributed by atoms with Crippen molar-refractivity contribution in [3.8, 4) is 17.1 Å². The molecule has 2 aliphatic heterocycles. The van der Waals surface area contributed by atoms with E-state index in [1.165, 1.54) is 27.8 Å². The highest BCUT2D eigenvalue weighted by Crippen LogP contribution is 2.43. The molecule has 0 saturated carbocycles. The van der Waals surface area contributed by atoms with E-state index in [1.807, 2.05) is 6.07 Å². The number of amides is 2. The maximum atomic E-state index is 14.1. The molecule has 5 aromatic rings. The maximum absolute atomic E-state index is 14.1. The van der Waals surface area contributed by atoms with Crippen LogP contribution in [0.3, 0.4) is 0 Å². The molecule has 5 heterocycles. The van der Waals surface area contributed by atoms with E-state index in [9.17, 15) is 32.7 Å². The SMILES string of the molecule is O=C(Cn1c2c(c(=O)n3nc(-c4ccccc4)nc13)C1(CCN(C(=O)c3ncccc3O)CC1)OC2)Nc1ccc(C(F)(F)F)cc1Cl. The van der Waals surface area contributed by atoms with E-state index < -0.39 is 41.3 Å². The van der Waals surface area contributed by atoms with Gasteiger partial charge in [0.2, 0.25) is 11.7 Å². The van der Waals surface area contributed by atoms with Crippen LogP contribution in [0.4, 0.5) is 18.9 Å². The number of aromatic nitrogens is 5. The fourth-order valence-electron chi connectivity index (χ4n) is 6.16. The Labute approximate surface area is 274 Å². The van der Waals surface area contributed by atoms with Crippen LogP contribution in [0, 0.1) is 0 Å². The number of aromatic hydroxyl groups is 1. The molecule has 2 N–H and O–H groups in total. The zero-order valence-electron chi connectivity index (χ0n) is 24.9. The molecular weight excluding hydrogens is 655 g/mol. The van der Waals surface area contributed by atoms with Crippen molar-refractivity contribution in [1.82, 2.24) is 29.0 Å². The molecular formula is C32H25ClF3N7O5. The van der Waals surface area contributed by atoms with Gasteiger partial charge in [-0.15, -0.1) is 5.10 Å². The third-order valence-corrected chi connectivity index (χ3v) is 8.86. The molecule has 3 aromatic heterocycles. The minimum absolute atomic E-state index is 0.0291. The standard InChI is InChI=1S/C32H25ClF3N7O5/c33-20-15-19(32(34,35)36)8-9-21(20)38-24(45)16-42-22-17-48-31(10-13-41(14-11-31)29(47)26-23(44)7-4-12-37-26)25(22)28(46)43-30(42)39-27(40-43)18-5-2-1-3-6-18/h1-9,12,15,44H,10-11,13-14,16-17H2,(H,38,45). The largest absolute Gasteiger partial charge is 0.505 e. The van der Waals surface area contributed by atoms with Crippen molar-refractivity contribution in [2.45, 2.75) is 37.8 Å². The first kappa shape index (κ1) is 31.3. The number of hydrogen-bond donors (Lipinski definition) is 2. The second-order valence-electron chi connectivity index (χ2n) is 11.4. The van der Waals surface area contributed by atoms with Crippen LogP contribution < -0.4 is 10.9 Å².